The second kappa shape index (κ2) is 7.35. The van der Waals surface area contributed by atoms with Gasteiger partial charge >= 0.3 is 0 Å². The first kappa shape index (κ1) is 19.5. The van der Waals surface area contributed by atoms with Gasteiger partial charge < -0.3 is 20.1 Å². The highest BCUT2D eigenvalue weighted by Gasteiger charge is 2.23. The molecule has 0 aliphatic carbocycles. The molecule has 1 fully saturated rings. The second-order valence-corrected chi connectivity index (χ2v) is 8.23. The SMILES string of the molecule is COc1nc(-c2cc3cn(C)nc3cc2O)nc2ncc(N3C[C@H](C)N[C@@H](C)C3)cc12. The molecule has 0 radical (unpaired) electrons. The average molecular weight is 419 g/mol. The molecule has 3 aromatic heterocycles. The summed E-state index contributed by atoms with van der Waals surface area (Å²) in [4.78, 5) is 16.1. The maximum atomic E-state index is 10.6. The van der Waals surface area contributed by atoms with Gasteiger partial charge in [0, 0.05) is 49.9 Å². The maximum absolute atomic E-state index is 10.6. The number of ether oxygens (including phenoxy) is 1. The quantitative estimate of drug-likeness (QED) is 0.522. The first-order chi connectivity index (χ1) is 14.9. The van der Waals surface area contributed by atoms with Crippen molar-refractivity contribution in [2.24, 2.45) is 7.05 Å². The van der Waals surface area contributed by atoms with E-state index in [-0.39, 0.29) is 5.75 Å². The summed E-state index contributed by atoms with van der Waals surface area (Å²) in [5.74, 6) is 0.849. The maximum Gasteiger partial charge on any atom is 0.226 e. The minimum atomic E-state index is 0.0630. The molecule has 1 saturated heterocycles. The van der Waals surface area contributed by atoms with Crippen LogP contribution in [0.5, 0.6) is 11.6 Å². The van der Waals surface area contributed by atoms with Crippen LogP contribution in [0.3, 0.4) is 0 Å². The van der Waals surface area contributed by atoms with E-state index in [1.165, 1.54) is 0 Å². The Morgan fingerprint density at radius 2 is 1.90 bits per heavy atom. The van der Waals surface area contributed by atoms with Crippen molar-refractivity contribution in [1.29, 1.82) is 0 Å². The molecule has 0 bridgehead atoms. The second-order valence-electron chi connectivity index (χ2n) is 8.23. The lowest BCUT2D eigenvalue weighted by molar-refractivity contribution is 0.402. The van der Waals surface area contributed by atoms with Crippen LogP contribution >= 0.6 is 0 Å². The number of hydrogen-bond donors (Lipinski definition) is 2. The fraction of sp³-hybridized carbons (Fsp3) is 0.364. The zero-order valence-electron chi connectivity index (χ0n) is 18.0. The first-order valence-electron chi connectivity index (χ1n) is 10.3. The molecule has 1 aliphatic rings. The number of phenolic OH excluding ortho intramolecular Hbond substituents is 1. The number of nitrogens with one attached hydrogen (secondary N) is 1. The molecule has 0 spiro atoms. The number of aromatic hydroxyl groups is 1. The number of nitrogens with zero attached hydrogens (tertiary/aromatic N) is 6. The van der Waals surface area contributed by atoms with Crippen molar-refractivity contribution in [3.63, 3.8) is 0 Å². The number of hydrogen-bond acceptors (Lipinski definition) is 8. The van der Waals surface area contributed by atoms with Crippen molar-refractivity contribution in [2.75, 3.05) is 25.1 Å². The summed E-state index contributed by atoms with van der Waals surface area (Å²) >= 11 is 0. The van der Waals surface area contributed by atoms with Gasteiger partial charge in [-0.15, -0.1) is 0 Å². The van der Waals surface area contributed by atoms with E-state index in [0.717, 1.165) is 29.5 Å². The lowest BCUT2D eigenvalue weighted by Gasteiger charge is -2.37. The predicted molar refractivity (Wildman–Crippen MR) is 120 cm³/mol. The molecule has 4 aromatic rings. The van der Waals surface area contributed by atoms with E-state index in [1.54, 1.807) is 17.9 Å². The molecule has 1 aliphatic heterocycles. The van der Waals surface area contributed by atoms with Gasteiger partial charge in [-0.2, -0.15) is 10.1 Å². The largest absolute Gasteiger partial charge is 0.507 e. The lowest BCUT2D eigenvalue weighted by Crippen LogP contribution is -2.54. The number of pyridine rings is 1. The van der Waals surface area contributed by atoms with Crippen molar-refractivity contribution in [2.45, 2.75) is 25.9 Å². The Hall–Kier alpha value is -3.46. The van der Waals surface area contributed by atoms with Gasteiger partial charge in [0.25, 0.3) is 0 Å². The number of fused-ring (bicyclic) bond motifs is 2. The van der Waals surface area contributed by atoms with Gasteiger partial charge in [0.2, 0.25) is 5.88 Å². The van der Waals surface area contributed by atoms with Gasteiger partial charge in [-0.1, -0.05) is 0 Å². The predicted octanol–water partition coefficient (Wildman–Crippen LogP) is 2.48. The normalized spacial score (nSPS) is 19.3. The Bertz CT molecular complexity index is 1280. The third-order valence-corrected chi connectivity index (χ3v) is 5.60. The molecule has 0 unspecified atom stereocenters. The van der Waals surface area contributed by atoms with E-state index >= 15 is 0 Å². The highest BCUT2D eigenvalue weighted by atomic mass is 16.5. The molecule has 0 amide bonds. The molecule has 2 atom stereocenters. The van der Waals surface area contributed by atoms with Crippen molar-refractivity contribution in [3.05, 3.63) is 30.6 Å². The molecule has 0 saturated carbocycles. The Labute approximate surface area is 179 Å². The van der Waals surface area contributed by atoms with Crippen LogP contribution in [0.4, 0.5) is 5.69 Å². The highest BCUT2D eigenvalue weighted by Crippen LogP contribution is 2.34. The van der Waals surface area contributed by atoms with Gasteiger partial charge in [-0.3, -0.25) is 4.68 Å². The number of rotatable bonds is 3. The van der Waals surface area contributed by atoms with Crippen molar-refractivity contribution < 1.29 is 9.84 Å². The van der Waals surface area contributed by atoms with Crippen molar-refractivity contribution in [1.82, 2.24) is 30.0 Å². The molecule has 4 heterocycles. The van der Waals surface area contributed by atoms with E-state index in [4.69, 9.17) is 4.74 Å². The molecule has 1 aromatic carbocycles. The number of aryl methyl sites for hydroxylation is 1. The van der Waals surface area contributed by atoms with Crippen LogP contribution in [0.1, 0.15) is 13.8 Å². The topological polar surface area (TPSA) is 101 Å². The Kier molecular flexibility index (Phi) is 4.62. The number of methoxy groups -OCH3 is 1. The van der Waals surface area contributed by atoms with E-state index in [0.29, 0.717) is 40.5 Å². The summed E-state index contributed by atoms with van der Waals surface area (Å²) in [5, 5.41) is 20.1. The van der Waals surface area contributed by atoms with E-state index in [2.05, 4.69) is 44.1 Å². The Morgan fingerprint density at radius 1 is 1.13 bits per heavy atom. The van der Waals surface area contributed by atoms with E-state index < -0.39 is 0 Å². The van der Waals surface area contributed by atoms with Crippen LogP contribution in [0, 0.1) is 0 Å². The van der Waals surface area contributed by atoms with E-state index in [1.807, 2.05) is 31.6 Å². The number of phenols is 1. The number of benzene rings is 1. The molecule has 5 rings (SSSR count). The smallest absolute Gasteiger partial charge is 0.226 e. The summed E-state index contributed by atoms with van der Waals surface area (Å²) < 4.78 is 7.29. The molecule has 9 nitrogen and oxygen atoms in total. The van der Waals surface area contributed by atoms with Crippen molar-refractivity contribution >= 4 is 27.6 Å². The highest BCUT2D eigenvalue weighted by molar-refractivity contribution is 5.89. The number of piperazine rings is 1. The summed E-state index contributed by atoms with van der Waals surface area (Å²) in [6.07, 6.45) is 3.73. The average Bonchev–Trinajstić information content (AvgIpc) is 3.10. The van der Waals surface area contributed by atoms with Crippen LogP contribution in [0.2, 0.25) is 0 Å². The molecule has 160 valence electrons. The zero-order valence-corrected chi connectivity index (χ0v) is 18.0. The monoisotopic (exact) mass is 419 g/mol. The molecule has 2 N–H and O–H groups in total. The Balaban J connectivity index is 1.60. The summed E-state index contributed by atoms with van der Waals surface area (Å²) in [7, 11) is 3.42. The Morgan fingerprint density at radius 3 is 2.65 bits per heavy atom. The number of aromatic nitrogens is 5. The fourth-order valence-corrected chi connectivity index (χ4v) is 4.32. The molecule has 31 heavy (non-hydrogen) atoms. The summed E-state index contributed by atoms with van der Waals surface area (Å²) in [6, 6.07) is 6.26. The third-order valence-electron chi connectivity index (χ3n) is 5.60. The molecular weight excluding hydrogens is 394 g/mol. The van der Waals surface area contributed by atoms with Crippen LogP contribution in [0.25, 0.3) is 33.3 Å². The van der Waals surface area contributed by atoms with Crippen LogP contribution < -0.4 is 15.0 Å². The van der Waals surface area contributed by atoms with Gasteiger partial charge in [0.05, 0.1) is 35.5 Å². The minimum Gasteiger partial charge on any atom is -0.507 e. The third kappa shape index (κ3) is 3.50. The fourth-order valence-electron chi connectivity index (χ4n) is 4.32. The van der Waals surface area contributed by atoms with Gasteiger partial charge in [0.1, 0.15) is 5.75 Å². The molecular formula is C22H25N7O2. The van der Waals surface area contributed by atoms with Crippen LogP contribution in [0.15, 0.2) is 30.6 Å². The summed E-state index contributed by atoms with van der Waals surface area (Å²) in [5.41, 5.74) is 2.75. The first-order valence-corrected chi connectivity index (χ1v) is 10.3. The van der Waals surface area contributed by atoms with Gasteiger partial charge in [0.15, 0.2) is 11.5 Å². The standard InChI is InChI=1S/C22H25N7O2/c1-12-9-29(10-13(2)24-12)15-6-17-20(23-8-15)25-21(26-22(17)31-4)16-5-14-11-28(3)27-18(14)7-19(16)30/h5-8,11-13,24,30H,9-10H2,1-4H3/t12-,13-/m0/s1. The molecule has 9 heteroatoms. The van der Waals surface area contributed by atoms with E-state index in [9.17, 15) is 5.11 Å². The van der Waals surface area contributed by atoms with Crippen LogP contribution in [-0.4, -0.2) is 62.1 Å². The van der Waals surface area contributed by atoms with Crippen LogP contribution in [-0.2, 0) is 7.05 Å². The van der Waals surface area contributed by atoms with Gasteiger partial charge in [-0.25, -0.2) is 9.97 Å². The minimum absolute atomic E-state index is 0.0630. The summed E-state index contributed by atoms with van der Waals surface area (Å²) in [6.45, 7) is 6.16. The lowest BCUT2D eigenvalue weighted by atomic mass is 10.1. The number of anilines is 1. The zero-order chi connectivity index (χ0) is 21.7. The van der Waals surface area contributed by atoms with Gasteiger partial charge in [-0.05, 0) is 26.0 Å². The van der Waals surface area contributed by atoms with Crippen molar-refractivity contribution in [3.8, 4) is 23.0 Å².